The van der Waals surface area contributed by atoms with Crippen molar-refractivity contribution in [3.8, 4) is 0 Å². The van der Waals surface area contributed by atoms with E-state index in [9.17, 15) is 18.0 Å². The summed E-state index contributed by atoms with van der Waals surface area (Å²) in [6, 6.07) is 11.3. The number of hydrogen-bond acceptors (Lipinski definition) is 5. The summed E-state index contributed by atoms with van der Waals surface area (Å²) in [5.41, 5.74) is 3.25. The van der Waals surface area contributed by atoms with Crippen molar-refractivity contribution in [2.75, 3.05) is 22.9 Å². The molecule has 7 nitrogen and oxygen atoms in total. The van der Waals surface area contributed by atoms with E-state index in [2.05, 4.69) is 16.0 Å². The molecule has 160 valence electrons. The molecule has 8 heteroatoms. The second kappa shape index (κ2) is 9.30. The molecule has 1 aliphatic rings. The summed E-state index contributed by atoms with van der Waals surface area (Å²) >= 11 is 0. The first kappa shape index (κ1) is 21.8. The summed E-state index contributed by atoms with van der Waals surface area (Å²) in [5.74, 6) is -1.07. The van der Waals surface area contributed by atoms with Gasteiger partial charge in [-0.2, -0.15) is 0 Å². The lowest BCUT2D eigenvalue weighted by Crippen LogP contribution is -2.43. The number of aryl methyl sites for hydroxylation is 1. The van der Waals surface area contributed by atoms with E-state index >= 15 is 0 Å². The van der Waals surface area contributed by atoms with Gasteiger partial charge in [0.15, 0.2) is 9.84 Å². The Hall–Kier alpha value is -2.87. The van der Waals surface area contributed by atoms with E-state index in [0.717, 1.165) is 18.4 Å². The van der Waals surface area contributed by atoms with Crippen LogP contribution in [0.2, 0.25) is 0 Å². The van der Waals surface area contributed by atoms with Gasteiger partial charge < -0.3 is 16.0 Å². The molecule has 0 saturated carbocycles. The minimum Gasteiger partial charge on any atom is -0.371 e. The maximum Gasteiger partial charge on any atom is 0.251 e. The Morgan fingerprint density at radius 3 is 2.53 bits per heavy atom. The van der Waals surface area contributed by atoms with Crippen molar-refractivity contribution in [1.82, 2.24) is 5.32 Å². The molecule has 0 fully saturated rings. The number of anilines is 2. The number of rotatable bonds is 8. The summed E-state index contributed by atoms with van der Waals surface area (Å²) in [5, 5.41) is 8.55. The molecule has 2 amide bonds. The molecule has 3 N–H and O–H groups in total. The van der Waals surface area contributed by atoms with Crippen LogP contribution in [-0.2, 0) is 20.4 Å². The predicted molar refractivity (Wildman–Crippen MR) is 118 cm³/mol. The molecule has 0 saturated heterocycles. The van der Waals surface area contributed by atoms with Gasteiger partial charge >= 0.3 is 0 Å². The molecule has 0 spiro atoms. The van der Waals surface area contributed by atoms with Crippen LogP contribution in [0.4, 0.5) is 11.4 Å². The van der Waals surface area contributed by atoms with Crippen molar-refractivity contribution in [3.63, 3.8) is 0 Å². The number of fused-ring (bicyclic) bond motifs is 1. The molecule has 0 aliphatic carbocycles. The van der Waals surface area contributed by atoms with Crippen molar-refractivity contribution in [2.24, 2.45) is 0 Å². The van der Waals surface area contributed by atoms with E-state index in [1.165, 1.54) is 0 Å². The Morgan fingerprint density at radius 2 is 1.83 bits per heavy atom. The van der Waals surface area contributed by atoms with Crippen molar-refractivity contribution in [3.05, 3.63) is 59.2 Å². The minimum absolute atomic E-state index is 0.123. The van der Waals surface area contributed by atoms with Crippen molar-refractivity contribution < 1.29 is 18.0 Å². The van der Waals surface area contributed by atoms with E-state index in [4.69, 9.17) is 0 Å². The third kappa shape index (κ3) is 5.60. The summed E-state index contributed by atoms with van der Waals surface area (Å²) < 4.78 is 25.2. The second-order valence-electron chi connectivity index (χ2n) is 7.60. The zero-order chi connectivity index (χ0) is 21.7. The Labute approximate surface area is 177 Å². The lowest BCUT2D eigenvalue weighted by Gasteiger charge is -2.27. The quantitative estimate of drug-likeness (QED) is 0.560. The maximum atomic E-state index is 12.6. The van der Waals surface area contributed by atoms with Crippen LogP contribution in [-0.4, -0.2) is 38.6 Å². The van der Waals surface area contributed by atoms with E-state index in [-0.39, 0.29) is 17.4 Å². The molecule has 1 atom stereocenters. The number of carbonyl (C=O) groups excluding carboxylic acids is 2. The standard InChI is InChI=1S/C22H27N3O4S/c1-3-4-11-23-21(26)17-9-10-18-19(12-17)25-22(27)20(24-18)14-30(28,29)13-16-7-5-15(2)6-8-16/h5-10,12,20,24H,3-4,11,13-14H2,1-2H3,(H,23,26)(H,25,27)/t20-/m0/s1. The number of hydrogen-bond donors (Lipinski definition) is 3. The predicted octanol–water partition coefficient (Wildman–Crippen LogP) is 2.87. The molecular weight excluding hydrogens is 402 g/mol. The van der Waals surface area contributed by atoms with Gasteiger partial charge in [0.2, 0.25) is 5.91 Å². The van der Waals surface area contributed by atoms with Crippen LogP contribution < -0.4 is 16.0 Å². The van der Waals surface area contributed by atoms with Gasteiger partial charge in [0.05, 0.1) is 22.9 Å². The minimum atomic E-state index is -3.50. The number of amides is 2. The largest absolute Gasteiger partial charge is 0.371 e. The Kier molecular flexibility index (Phi) is 6.77. The molecule has 0 bridgehead atoms. The average molecular weight is 430 g/mol. The van der Waals surface area contributed by atoms with Crippen molar-refractivity contribution in [2.45, 2.75) is 38.5 Å². The maximum absolute atomic E-state index is 12.6. The lowest BCUT2D eigenvalue weighted by molar-refractivity contribution is -0.116. The number of carbonyl (C=O) groups is 2. The van der Waals surface area contributed by atoms with Crippen molar-refractivity contribution >= 4 is 33.0 Å². The molecule has 2 aromatic rings. The fourth-order valence-electron chi connectivity index (χ4n) is 3.24. The van der Waals surface area contributed by atoms with Gasteiger partial charge in [-0.25, -0.2) is 8.42 Å². The first-order chi connectivity index (χ1) is 14.3. The highest BCUT2D eigenvalue weighted by atomic mass is 32.2. The molecule has 2 aromatic carbocycles. The third-order valence-corrected chi connectivity index (χ3v) is 6.54. The van der Waals surface area contributed by atoms with Gasteiger partial charge in [-0.3, -0.25) is 9.59 Å². The number of unbranched alkanes of at least 4 members (excludes halogenated alkanes) is 1. The normalized spacial score (nSPS) is 15.7. The molecule has 0 radical (unpaired) electrons. The van der Waals surface area contributed by atoms with E-state index in [1.807, 2.05) is 26.0 Å². The summed E-state index contributed by atoms with van der Waals surface area (Å²) in [7, 11) is -3.50. The molecule has 1 aliphatic heterocycles. The molecular formula is C22H27N3O4S. The van der Waals surface area contributed by atoms with Crippen LogP contribution in [0.1, 0.15) is 41.3 Å². The van der Waals surface area contributed by atoms with E-state index in [1.54, 1.807) is 30.3 Å². The number of sulfone groups is 1. The fraction of sp³-hybridized carbons (Fsp3) is 0.364. The summed E-state index contributed by atoms with van der Waals surface area (Å²) in [6.07, 6.45) is 1.88. The van der Waals surface area contributed by atoms with Crippen LogP contribution in [0.25, 0.3) is 0 Å². The van der Waals surface area contributed by atoms with Gasteiger partial charge in [-0.15, -0.1) is 0 Å². The SMILES string of the molecule is CCCCNC(=O)c1ccc2c(c1)NC(=O)[C@H](CS(=O)(=O)Cc1ccc(C)cc1)N2. The fourth-order valence-corrected chi connectivity index (χ4v) is 4.80. The molecule has 0 aromatic heterocycles. The van der Waals surface area contributed by atoms with E-state index < -0.39 is 21.8 Å². The zero-order valence-electron chi connectivity index (χ0n) is 17.2. The molecule has 0 unspecified atom stereocenters. The van der Waals surface area contributed by atoms with Crippen LogP contribution in [0.15, 0.2) is 42.5 Å². The summed E-state index contributed by atoms with van der Waals surface area (Å²) in [6.45, 7) is 4.58. The Bertz CT molecular complexity index is 1030. The average Bonchev–Trinajstić information content (AvgIpc) is 2.69. The topological polar surface area (TPSA) is 104 Å². The van der Waals surface area contributed by atoms with Gasteiger partial charge in [-0.05, 0) is 37.1 Å². The Balaban J connectivity index is 1.67. The lowest BCUT2D eigenvalue weighted by atomic mass is 10.1. The monoisotopic (exact) mass is 429 g/mol. The highest BCUT2D eigenvalue weighted by molar-refractivity contribution is 7.90. The third-order valence-electron chi connectivity index (χ3n) is 4.93. The molecule has 30 heavy (non-hydrogen) atoms. The zero-order valence-corrected chi connectivity index (χ0v) is 18.0. The van der Waals surface area contributed by atoms with Crippen LogP contribution in [0, 0.1) is 6.92 Å². The van der Waals surface area contributed by atoms with E-state index in [0.29, 0.717) is 29.0 Å². The van der Waals surface area contributed by atoms with Gasteiger partial charge in [0.1, 0.15) is 6.04 Å². The second-order valence-corrected chi connectivity index (χ2v) is 9.71. The van der Waals surface area contributed by atoms with Gasteiger partial charge in [0, 0.05) is 12.1 Å². The van der Waals surface area contributed by atoms with Crippen LogP contribution in [0.3, 0.4) is 0 Å². The first-order valence-electron chi connectivity index (χ1n) is 10.0. The highest BCUT2D eigenvalue weighted by Gasteiger charge is 2.30. The first-order valence-corrected chi connectivity index (χ1v) is 11.8. The molecule has 3 rings (SSSR count). The van der Waals surface area contributed by atoms with Gasteiger partial charge in [0.25, 0.3) is 5.91 Å². The van der Waals surface area contributed by atoms with Crippen LogP contribution in [0.5, 0.6) is 0 Å². The highest BCUT2D eigenvalue weighted by Crippen LogP contribution is 2.28. The summed E-state index contributed by atoms with van der Waals surface area (Å²) in [4.78, 5) is 24.7. The van der Waals surface area contributed by atoms with Crippen LogP contribution >= 0.6 is 0 Å². The molecule has 1 heterocycles. The Morgan fingerprint density at radius 1 is 1.10 bits per heavy atom. The van der Waals surface area contributed by atoms with Crippen molar-refractivity contribution in [1.29, 1.82) is 0 Å². The smallest absolute Gasteiger partial charge is 0.251 e. The van der Waals surface area contributed by atoms with Gasteiger partial charge in [-0.1, -0.05) is 43.2 Å². The number of nitrogens with one attached hydrogen (secondary N) is 3. The number of benzene rings is 2.